The van der Waals surface area contributed by atoms with E-state index >= 15 is 0 Å². The second-order valence-electron chi connectivity index (χ2n) is 6.63. The van der Waals surface area contributed by atoms with Crippen LogP contribution in [0.5, 0.6) is 0 Å². The third-order valence-corrected chi connectivity index (χ3v) is 6.98. The van der Waals surface area contributed by atoms with Gasteiger partial charge in [0.25, 0.3) is 0 Å². The van der Waals surface area contributed by atoms with Crippen molar-refractivity contribution in [1.29, 1.82) is 0 Å². The van der Waals surface area contributed by atoms with E-state index in [0.717, 1.165) is 22.3 Å². The van der Waals surface area contributed by atoms with Crippen molar-refractivity contribution in [3.05, 3.63) is 90.0 Å². The molecule has 0 saturated heterocycles. The largest absolute Gasteiger partial charge is 0.461 e. The van der Waals surface area contributed by atoms with Gasteiger partial charge in [0.2, 0.25) is 0 Å². The molecule has 0 amide bonds. The molecule has 0 radical (unpaired) electrons. The second kappa shape index (κ2) is 9.25. The molecule has 150 valence electrons. The molecule has 0 aliphatic carbocycles. The smallest absolute Gasteiger partial charge is 0.310 e. The summed E-state index contributed by atoms with van der Waals surface area (Å²) >= 11 is 5.75. The Labute approximate surface area is 176 Å². The number of ether oxygens (including phenoxy) is 1. The Morgan fingerprint density at radius 3 is 1.97 bits per heavy atom. The average molecular weight is 429 g/mol. The highest BCUT2D eigenvalue weighted by atomic mass is 35.5. The summed E-state index contributed by atoms with van der Waals surface area (Å²) < 4.78 is 28.5. The Bertz CT molecular complexity index is 1060. The number of hydrogen-bond acceptors (Lipinski definition) is 4. The Kier molecular flexibility index (Phi) is 6.72. The maximum atomic E-state index is 12.1. The van der Waals surface area contributed by atoms with Gasteiger partial charge in [-0.2, -0.15) is 0 Å². The lowest BCUT2D eigenvalue weighted by Gasteiger charge is -2.08. The molecule has 0 N–H and O–H groups in total. The molecule has 3 aromatic rings. The van der Waals surface area contributed by atoms with E-state index in [1.54, 1.807) is 24.3 Å². The normalized spacial score (nSPS) is 12.3. The Balaban J connectivity index is 1.62. The average Bonchev–Trinajstić information content (AvgIpc) is 2.73. The van der Waals surface area contributed by atoms with Crippen molar-refractivity contribution in [3.8, 4) is 11.1 Å². The topological polar surface area (TPSA) is 60.4 Å². The zero-order valence-corrected chi connectivity index (χ0v) is 17.5. The monoisotopic (exact) mass is 428 g/mol. The Hall–Kier alpha value is -2.63. The van der Waals surface area contributed by atoms with Crippen LogP contribution < -0.4 is 0 Å². The van der Waals surface area contributed by atoms with Gasteiger partial charge < -0.3 is 4.74 Å². The zero-order chi connectivity index (χ0) is 20.9. The van der Waals surface area contributed by atoms with Crippen LogP contribution in [-0.4, -0.2) is 19.1 Å². The lowest BCUT2D eigenvalue weighted by atomic mass is 10.0. The number of halogens is 1. The lowest BCUT2D eigenvalue weighted by molar-refractivity contribution is -0.144. The van der Waals surface area contributed by atoms with Gasteiger partial charge in [-0.05, 0) is 41.3 Å². The fourth-order valence-corrected chi connectivity index (χ4v) is 3.99. The van der Waals surface area contributed by atoms with E-state index in [4.69, 9.17) is 16.3 Å². The van der Waals surface area contributed by atoms with Gasteiger partial charge in [0.05, 0.1) is 11.3 Å². The molecule has 0 fully saturated rings. The van der Waals surface area contributed by atoms with Gasteiger partial charge >= 0.3 is 5.97 Å². The molecule has 1 atom stereocenters. The lowest BCUT2D eigenvalue weighted by Crippen LogP contribution is -2.11. The minimum absolute atomic E-state index is 0.192. The van der Waals surface area contributed by atoms with Crippen LogP contribution in [0, 0.1) is 0 Å². The van der Waals surface area contributed by atoms with Gasteiger partial charge in [-0.3, -0.25) is 4.79 Å². The first-order valence-corrected chi connectivity index (χ1v) is 11.1. The van der Waals surface area contributed by atoms with Crippen LogP contribution in [0.4, 0.5) is 0 Å². The van der Waals surface area contributed by atoms with Gasteiger partial charge in [0, 0.05) is 0 Å². The summed E-state index contributed by atoms with van der Waals surface area (Å²) in [6, 6.07) is 23.7. The zero-order valence-electron chi connectivity index (χ0n) is 15.9. The van der Waals surface area contributed by atoms with Gasteiger partial charge in [-0.15, -0.1) is 11.6 Å². The molecule has 29 heavy (non-hydrogen) atoms. The molecule has 3 rings (SSSR count). The molecule has 0 aliphatic rings. The second-order valence-corrected chi connectivity index (χ2v) is 9.81. The van der Waals surface area contributed by atoms with E-state index in [1.807, 2.05) is 54.6 Å². The predicted octanol–water partition coefficient (Wildman–Crippen LogP) is 5.00. The SMILES string of the molecule is CC(Cl)S(=O)(=O)c1ccc(-c2ccc(CC(=O)OCc3ccccc3)cc2)cc1. The van der Waals surface area contributed by atoms with E-state index < -0.39 is 14.5 Å². The number of carbonyl (C=O) groups is 1. The van der Waals surface area contributed by atoms with Crippen molar-refractivity contribution < 1.29 is 17.9 Å². The first-order chi connectivity index (χ1) is 13.9. The third-order valence-electron chi connectivity index (χ3n) is 4.49. The summed E-state index contributed by atoms with van der Waals surface area (Å²) in [6.45, 7) is 1.70. The number of benzene rings is 3. The van der Waals surface area contributed by atoms with E-state index in [-0.39, 0.29) is 23.9 Å². The first-order valence-electron chi connectivity index (χ1n) is 9.13. The van der Waals surface area contributed by atoms with Crippen LogP contribution in [0.3, 0.4) is 0 Å². The number of carbonyl (C=O) groups excluding carboxylic acids is 1. The van der Waals surface area contributed by atoms with Gasteiger partial charge in [-0.25, -0.2) is 8.42 Å². The number of rotatable bonds is 7. The number of alkyl halides is 1. The van der Waals surface area contributed by atoms with Crippen molar-refractivity contribution in [1.82, 2.24) is 0 Å². The third kappa shape index (κ3) is 5.46. The van der Waals surface area contributed by atoms with E-state index in [1.165, 1.54) is 6.92 Å². The van der Waals surface area contributed by atoms with Crippen molar-refractivity contribution >= 4 is 27.4 Å². The molecule has 6 heteroatoms. The fraction of sp³-hybridized carbons (Fsp3) is 0.174. The van der Waals surface area contributed by atoms with Crippen LogP contribution in [0.25, 0.3) is 11.1 Å². The Morgan fingerprint density at radius 2 is 1.41 bits per heavy atom. The molecule has 0 spiro atoms. The first kappa shape index (κ1) is 21.1. The van der Waals surface area contributed by atoms with Crippen LogP contribution in [0.2, 0.25) is 0 Å². The van der Waals surface area contributed by atoms with Crippen LogP contribution in [0.1, 0.15) is 18.1 Å². The minimum Gasteiger partial charge on any atom is -0.461 e. The number of sulfone groups is 1. The predicted molar refractivity (Wildman–Crippen MR) is 114 cm³/mol. The van der Waals surface area contributed by atoms with E-state index in [2.05, 4.69) is 0 Å². The summed E-state index contributed by atoms with van der Waals surface area (Å²) in [5.41, 5.74) is 3.60. The summed E-state index contributed by atoms with van der Waals surface area (Å²) in [7, 11) is -3.51. The molecule has 3 aromatic carbocycles. The molecular weight excluding hydrogens is 408 g/mol. The molecule has 0 saturated carbocycles. The fourth-order valence-electron chi connectivity index (χ4n) is 2.80. The van der Waals surface area contributed by atoms with Crippen molar-refractivity contribution in [2.45, 2.75) is 29.6 Å². The summed E-state index contributed by atoms with van der Waals surface area (Å²) in [5.74, 6) is -0.286. The standard InChI is InChI=1S/C23H21ClO4S/c1-17(24)29(26,27)22-13-11-21(12-14-22)20-9-7-18(8-10-20)15-23(25)28-16-19-5-3-2-4-6-19/h2-14,17H,15-16H2,1H3. The molecule has 0 aliphatic heterocycles. The van der Waals surface area contributed by atoms with Gasteiger partial charge in [0.1, 0.15) is 11.3 Å². The highest BCUT2D eigenvalue weighted by Gasteiger charge is 2.20. The quantitative estimate of drug-likeness (QED) is 0.392. The van der Waals surface area contributed by atoms with Crippen molar-refractivity contribution in [2.24, 2.45) is 0 Å². The molecule has 0 bridgehead atoms. The Morgan fingerprint density at radius 1 is 0.862 bits per heavy atom. The maximum Gasteiger partial charge on any atom is 0.310 e. The number of esters is 1. The van der Waals surface area contributed by atoms with Gasteiger partial charge in [0.15, 0.2) is 9.84 Å². The molecule has 1 unspecified atom stereocenters. The van der Waals surface area contributed by atoms with Gasteiger partial charge in [-0.1, -0.05) is 66.7 Å². The summed E-state index contributed by atoms with van der Waals surface area (Å²) in [5, 5.41) is 0. The maximum absolute atomic E-state index is 12.1. The van der Waals surface area contributed by atoms with Crippen molar-refractivity contribution in [3.63, 3.8) is 0 Å². The molecule has 0 aromatic heterocycles. The van der Waals surface area contributed by atoms with E-state index in [0.29, 0.717) is 0 Å². The highest BCUT2D eigenvalue weighted by Crippen LogP contribution is 2.24. The summed E-state index contributed by atoms with van der Waals surface area (Å²) in [4.78, 5) is 12.2. The molecule has 0 heterocycles. The molecule has 4 nitrogen and oxygen atoms in total. The minimum atomic E-state index is -3.51. The van der Waals surface area contributed by atoms with E-state index in [9.17, 15) is 13.2 Å². The van der Waals surface area contributed by atoms with Crippen LogP contribution >= 0.6 is 11.6 Å². The van der Waals surface area contributed by atoms with Crippen molar-refractivity contribution in [2.75, 3.05) is 0 Å². The highest BCUT2D eigenvalue weighted by molar-refractivity contribution is 7.93. The molecular formula is C23H21ClO4S. The number of hydrogen-bond donors (Lipinski definition) is 0. The van der Waals surface area contributed by atoms with Crippen LogP contribution in [0.15, 0.2) is 83.8 Å². The van der Waals surface area contributed by atoms with Crippen LogP contribution in [-0.2, 0) is 32.4 Å². The summed E-state index contributed by atoms with van der Waals surface area (Å²) in [6.07, 6.45) is 0.192.